The number of halogens is 2. The number of para-hydroxylation sites is 1. The third-order valence-electron chi connectivity index (χ3n) is 2.81. The maximum Gasteiger partial charge on any atom is 0.0853 e. The van der Waals surface area contributed by atoms with Crippen LogP contribution in [0.25, 0.3) is 10.9 Å². The number of hydrogen-bond acceptors (Lipinski definition) is 2. The monoisotopic (exact) mass is 345 g/mol. The highest BCUT2D eigenvalue weighted by molar-refractivity contribution is 14.1. The smallest absolute Gasteiger partial charge is 0.0853 e. The van der Waals surface area contributed by atoms with Crippen molar-refractivity contribution < 1.29 is 4.74 Å². The van der Waals surface area contributed by atoms with Gasteiger partial charge < -0.3 is 4.74 Å². The molecule has 0 amide bonds. The van der Waals surface area contributed by atoms with Crippen LogP contribution in [0.2, 0.25) is 5.02 Å². The number of benzene rings is 1. The van der Waals surface area contributed by atoms with Crippen molar-refractivity contribution in [1.82, 2.24) is 4.98 Å². The van der Waals surface area contributed by atoms with E-state index in [0.29, 0.717) is 6.61 Å². The van der Waals surface area contributed by atoms with E-state index in [-0.39, 0.29) is 0 Å². The molecule has 0 atom stereocenters. The van der Waals surface area contributed by atoms with E-state index in [0.717, 1.165) is 43.8 Å². The van der Waals surface area contributed by atoms with Crippen LogP contribution in [0.1, 0.15) is 11.3 Å². The fraction of sp³-hybridized carbons (Fsp3) is 0.250. The predicted octanol–water partition coefficient (Wildman–Crippen LogP) is 3.57. The van der Waals surface area contributed by atoms with Crippen LogP contribution in [0.4, 0.5) is 0 Å². The molecule has 0 saturated heterocycles. The molecule has 1 aliphatic rings. The van der Waals surface area contributed by atoms with Crippen LogP contribution >= 0.6 is 34.2 Å². The molecule has 16 heavy (non-hydrogen) atoms. The SMILES string of the molecule is Clc1c2c(nc3c(I)cccc13)CCOC2. The minimum absolute atomic E-state index is 0.586. The normalized spacial score (nSPS) is 15.1. The molecule has 0 unspecified atom stereocenters. The summed E-state index contributed by atoms with van der Waals surface area (Å²) >= 11 is 8.71. The fourth-order valence-corrected chi connectivity index (χ4v) is 2.93. The molecule has 0 aliphatic carbocycles. The lowest BCUT2D eigenvalue weighted by Crippen LogP contribution is -2.12. The zero-order valence-corrected chi connectivity index (χ0v) is 11.4. The van der Waals surface area contributed by atoms with Gasteiger partial charge in [0, 0.05) is 20.9 Å². The molecule has 3 rings (SSSR count). The maximum atomic E-state index is 6.41. The summed E-state index contributed by atoms with van der Waals surface area (Å²) in [5, 5.41) is 1.83. The van der Waals surface area contributed by atoms with Crippen LogP contribution in [0.3, 0.4) is 0 Å². The Morgan fingerprint density at radius 2 is 2.25 bits per heavy atom. The summed E-state index contributed by atoms with van der Waals surface area (Å²) in [6, 6.07) is 6.08. The number of fused-ring (bicyclic) bond motifs is 2. The third-order valence-corrected chi connectivity index (χ3v) is 4.12. The quantitative estimate of drug-likeness (QED) is 0.681. The third kappa shape index (κ3) is 1.61. The molecule has 1 aliphatic heterocycles. The van der Waals surface area contributed by atoms with Gasteiger partial charge in [0.1, 0.15) is 0 Å². The Morgan fingerprint density at radius 3 is 3.12 bits per heavy atom. The standard InChI is InChI=1S/C12H9ClINO/c13-11-7-2-1-3-9(14)12(7)15-10-4-5-16-6-8(10)11/h1-3H,4-6H2. The second-order valence-electron chi connectivity index (χ2n) is 3.79. The van der Waals surface area contributed by atoms with E-state index in [9.17, 15) is 0 Å². The molecule has 0 N–H and O–H groups in total. The summed E-state index contributed by atoms with van der Waals surface area (Å²) in [5.41, 5.74) is 3.16. The molecule has 1 aromatic heterocycles. The van der Waals surface area contributed by atoms with E-state index in [4.69, 9.17) is 21.3 Å². The zero-order chi connectivity index (χ0) is 11.1. The molecule has 2 nitrogen and oxygen atoms in total. The van der Waals surface area contributed by atoms with E-state index in [1.165, 1.54) is 0 Å². The van der Waals surface area contributed by atoms with Gasteiger partial charge in [0.25, 0.3) is 0 Å². The predicted molar refractivity (Wildman–Crippen MR) is 72.8 cm³/mol. The first-order valence-corrected chi connectivity index (χ1v) is 6.56. The average molecular weight is 346 g/mol. The summed E-state index contributed by atoms with van der Waals surface area (Å²) in [6.07, 6.45) is 0.857. The van der Waals surface area contributed by atoms with Crippen LogP contribution < -0.4 is 0 Å². The summed E-state index contributed by atoms with van der Waals surface area (Å²) < 4.78 is 6.57. The lowest BCUT2D eigenvalue weighted by molar-refractivity contribution is 0.109. The molecule has 2 aromatic rings. The molecule has 82 valence electrons. The van der Waals surface area contributed by atoms with Crippen LogP contribution in [0, 0.1) is 3.57 Å². The molecule has 4 heteroatoms. The molecule has 1 aromatic carbocycles. The minimum atomic E-state index is 0.586. The van der Waals surface area contributed by atoms with Crippen molar-refractivity contribution in [3.63, 3.8) is 0 Å². The summed E-state index contributed by atoms with van der Waals surface area (Å²) in [4.78, 5) is 4.70. The molecule has 0 fully saturated rings. The largest absolute Gasteiger partial charge is 0.376 e. The van der Waals surface area contributed by atoms with Crippen molar-refractivity contribution >= 4 is 45.1 Å². The Kier molecular flexibility index (Phi) is 2.77. The summed E-state index contributed by atoms with van der Waals surface area (Å²) in [5.74, 6) is 0. The molecule has 0 bridgehead atoms. The van der Waals surface area contributed by atoms with Crippen molar-refractivity contribution in [3.8, 4) is 0 Å². The van der Waals surface area contributed by atoms with E-state index in [1.54, 1.807) is 0 Å². The van der Waals surface area contributed by atoms with Crippen LogP contribution in [-0.4, -0.2) is 11.6 Å². The summed E-state index contributed by atoms with van der Waals surface area (Å²) in [6.45, 7) is 1.33. The zero-order valence-electron chi connectivity index (χ0n) is 8.46. The number of aromatic nitrogens is 1. The van der Waals surface area contributed by atoms with Crippen LogP contribution in [-0.2, 0) is 17.8 Å². The topological polar surface area (TPSA) is 22.1 Å². The molecule has 0 spiro atoms. The van der Waals surface area contributed by atoms with Crippen molar-refractivity contribution in [2.24, 2.45) is 0 Å². The minimum Gasteiger partial charge on any atom is -0.376 e. The summed E-state index contributed by atoms with van der Waals surface area (Å²) in [7, 11) is 0. The van der Waals surface area contributed by atoms with Gasteiger partial charge >= 0.3 is 0 Å². The van der Waals surface area contributed by atoms with Gasteiger partial charge in [-0.1, -0.05) is 23.7 Å². The Labute approximate surface area is 112 Å². The molecule has 2 heterocycles. The highest BCUT2D eigenvalue weighted by Gasteiger charge is 2.17. The van der Waals surface area contributed by atoms with E-state index < -0.39 is 0 Å². The van der Waals surface area contributed by atoms with E-state index in [1.807, 2.05) is 12.1 Å². The number of rotatable bonds is 0. The van der Waals surface area contributed by atoms with Gasteiger partial charge in [0.15, 0.2) is 0 Å². The van der Waals surface area contributed by atoms with Crippen molar-refractivity contribution in [2.45, 2.75) is 13.0 Å². The fourth-order valence-electron chi connectivity index (χ4n) is 1.99. The number of hydrogen-bond donors (Lipinski definition) is 0. The van der Waals surface area contributed by atoms with Gasteiger partial charge in [-0.3, -0.25) is 4.98 Å². The highest BCUT2D eigenvalue weighted by Crippen LogP contribution is 2.32. The molecule has 0 radical (unpaired) electrons. The Balaban J connectivity index is 2.39. The van der Waals surface area contributed by atoms with Gasteiger partial charge in [-0.05, 0) is 28.7 Å². The first kappa shape index (κ1) is 10.7. The lowest BCUT2D eigenvalue weighted by Gasteiger charge is -2.18. The Hall–Kier alpha value is -0.390. The van der Waals surface area contributed by atoms with E-state index >= 15 is 0 Å². The van der Waals surface area contributed by atoms with Crippen LogP contribution in [0.5, 0.6) is 0 Å². The van der Waals surface area contributed by atoms with Gasteiger partial charge in [0.2, 0.25) is 0 Å². The second kappa shape index (κ2) is 4.13. The number of pyridine rings is 1. The Bertz CT molecular complexity index is 570. The van der Waals surface area contributed by atoms with Crippen LogP contribution in [0.15, 0.2) is 18.2 Å². The second-order valence-corrected chi connectivity index (χ2v) is 5.33. The van der Waals surface area contributed by atoms with Crippen molar-refractivity contribution in [1.29, 1.82) is 0 Å². The van der Waals surface area contributed by atoms with Crippen molar-refractivity contribution in [2.75, 3.05) is 6.61 Å². The van der Waals surface area contributed by atoms with Crippen molar-refractivity contribution in [3.05, 3.63) is 38.0 Å². The highest BCUT2D eigenvalue weighted by atomic mass is 127. The molecule has 0 saturated carbocycles. The first-order valence-electron chi connectivity index (χ1n) is 5.10. The van der Waals surface area contributed by atoms with E-state index in [2.05, 4.69) is 28.7 Å². The molecular formula is C12H9ClINO. The van der Waals surface area contributed by atoms with Gasteiger partial charge in [-0.25, -0.2) is 0 Å². The van der Waals surface area contributed by atoms with Gasteiger partial charge in [-0.2, -0.15) is 0 Å². The lowest BCUT2D eigenvalue weighted by atomic mass is 10.1. The van der Waals surface area contributed by atoms with Gasteiger partial charge in [0.05, 0.1) is 29.4 Å². The number of nitrogens with zero attached hydrogens (tertiary/aromatic N) is 1. The average Bonchev–Trinajstić information content (AvgIpc) is 2.31. The van der Waals surface area contributed by atoms with Gasteiger partial charge in [-0.15, -0.1) is 0 Å². The maximum absolute atomic E-state index is 6.41. The first-order chi connectivity index (χ1) is 7.77. The molecular weight excluding hydrogens is 336 g/mol. The Morgan fingerprint density at radius 1 is 1.38 bits per heavy atom. The number of ether oxygens (including phenoxy) is 1.